The Kier molecular flexibility index (Phi) is 5.83. The summed E-state index contributed by atoms with van der Waals surface area (Å²) in [4.78, 5) is 16.5. The number of ether oxygens (including phenoxy) is 1. The van der Waals surface area contributed by atoms with Crippen molar-refractivity contribution in [3.8, 4) is 11.3 Å². The van der Waals surface area contributed by atoms with Gasteiger partial charge in [0, 0.05) is 36.2 Å². The van der Waals surface area contributed by atoms with Crippen LogP contribution in [0.1, 0.15) is 28.2 Å². The van der Waals surface area contributed by atoms with Crippen molar-refractivity contribution in [2.45, 2.75) is 25.3 Å². The fourth-order valence-corrected chi connectivity index (χ4v) is 4.18. The van der Waals surface area contributed by atoms with Crippen LogP contribution >= 0.6 is 11.3 Å². The highest BCUT2D eigenvalue weighted by Crippen LogP contribution is 2.22. The molecule has 3 aromatic rings. The van der Waals surface area contributed by atoms with E-state index in [1.54, 1.807) is 29.5 Å². The largest absolute Gasteiger partial charge is 0.381 e. The number of aromatic nitrogens is 2. The van der Waals surface area contributed by atoms with Crippen LogP contribution in [0.3, 0.4) is 0 Å². The zero-order valence-corrected chi connectivity index (χ0v) is 16.3. The number of hydrogen-bond donors (Lipinski definition) is 1. The van der Waals surface area contributed by atoms with Crippen molar-refractivity contribution >= 4 is 17.2 Å². The predicted molar refractivity (Wildman–Crippen MR) is 107 cm³/mol. The van der Waals surface area contributed by atoms with E-state index < -0.39 is 0 Å². The average Bonchev–Trinajstić information content (AvgIpc) is 3.42. The van der Waals surface area contributed by atoms with Gasteiger partial charge in [0.05, 0.1) is 5.69 Å². The van der Waals surface area contributed by atoms with E-state index in [9.17, 15) is 9.18 Å². The van der Waals surface area contributed by atoms with Gasteiger partial charge in [-0.05, 0) is 61.0 Å². The van der Waals surface area contributed by atoms with E-state index in [-0.39, 0.29) is 17.8 Å². The standard InChI is InChI=1S/C21H22FN3O2S/c22-16-5-3-15(4-6-16)19-14-20(24-23-19)21(26)25(17-8-11-27-12-9-17)10-7-18-2-1-13-28-18/h1-6,13-14,17H,7-12H2,(H,23,24). The van der Waals surface area contributed by atoms with Gasteiger partial charge in [0.2, 0.25) is 0 Å². The molecule has 0 radical (unpaired) electrons. The molecule has 1 fully saturated rings. The van der Waals surface area contributed by atoms with Gasteiger partial charge in [0.25, 0.3) is 5.91 Å². The number of carbonyl (C=O) groups is 1. The molecule has 1 amide bonds. The van der Waals surface area contributed by atoms with Gasteiger partial charge in [0.1, 0.15) is 11.5 Å². The third kappa shape index (κ3) is 4.31. The SMILES string of the molecule is O=C(c1cc(-c2ccc(F)cc2)n[nH]1)N(CCc1cccs1)C1CCOCC1. The summed E-state index contributed by atoms with van der Waals surface area (Å²) in [6.07, 6.45) is 2.52. The molecule has 1 aliphatic heterocycles. The third-order valence-electron chi connectivity index (χ3n) is 5.02. The molecule has 0 atom stereocenters. The van der Waals surface area contributed by atoms with Crippen LogP contribution in [0.5, 0.6) is 0 Å². The molecule has 0 unspecified atom stereocenters. The van der Waals surface area contributed by atoms with Gasteiger partial charge in [0.15, 0.2) is 0 Å². The van der Waals surface area contributed by atoms with Crippen molar-refractivity contribution in [2.75, 3.05) is 19.8 Å². The van der Waals surface area contributed by atoms with Crippen LogP contribution in [0, 0.1) is 5.82 Å². The molecule has 7 heteroatoms. The van der Waals surface area contributed by atoms with Gasteiger partial charge in [-0.25, -0.2) is 4.39 Å². The summed E-state index contributed by atoms with van der Waals surface area (Å²) in [6, 6.07) is 12.1. The molecular formula is C21H22FN3O2S. The number of benzene rings is 1. The van der Waals surface area contributed by atoms with Gasteiger partial charge in [-0.1, -0.05) is 6.07 Å². The molecule has 0 saturated carbocycles. The highest BCUT2D eigenvalue weighted by molar-refractivity contribution is 7.09. The van der Waals surface area contributed by atoms with Gasteiger partial charge < -0.3 is 9.64 Å². The Bertz CT molecular complexity index is 902. The van der Waals surface area contributed by atoms with Crippen LogP contribution in [0.4, 0.5) is 4.39 Å². The van der Waals surface area contributed by atoms with E-state index in [2.05, 4.69) is 21.6 Å². The average molecular weight is 399 g/mol. The van der Waals surface area contributed by atoms with Crippen molar-refractivity contribution in [3.05, 3.63) is 64.2 Å². The second-order valence-electron chi connectivity index (χ2n) is 6.85. The molecule has 28 heavy (non-hydrogen) atoms. The molecule has 0 spiro atoms. The van der Waals surface area contributed by atoms with Crippen LogP contribution < -0.4 is 0 Å². The number of nitrogens with one attached hydrogen (secondary N) is 1. The maximum absolute atomic E-state index is 13.3. The summed E-state index contributed by atoms with van der Waals surface area (Å²) in [5.74, 6) is -0.348. The predicted octanol–water partition coefficient (Wildman–Crippen LogP) is 4.14. The first-order valence-electron chi connectivity index (χ1n) is 9.43. The van der Waals surface area contributed by atoms with Crippen molar-refractivity contribution in [1.29, 1.82) is 0 Å². The van der Waals surface area contributed by atoms with E-state index in [0.29, 0.717) is 31.1 Å². The summed E-state index contributed by atoms with van der Waals surface area (Å²) in [7, 11) is 0. The molecular weight excluding hydrogens is 377 g/mol. The number of thiophene rings is 1. The Morgan fingerprint density at radius 3 is 2.75 bits per heavy atom. The van der Waals surface area contributed by atoms with E-state index in [4.69, 9.17) is 4.74 Å². The number of amides is 1. The molecule has 1 N–H and O–H groups in total. The van der Waals surface area contributed by atoms with Crippen LogP contribution in [0.25, 0.3) is 11.3 Å². The Labute approximate surface area is 167 Å². The first kappa shape index (κ1) is 18.8. The molecule has 5 nitrogen and oxygen atoms in total. The number of hydrogen-bond acceptors (Lipinski definition) is 4. The lowest BCUT2D eigenvalue weighted by molar-refractivity contribution is 0.0290. The number of nitrogens with zero attached hydrogens (tertiary/aromatic N) is 2. The van der Waals surface area contributed by atoms with Crippen molar-refractivity contribution < 1.29 is 13.9 Å². The summed E-state index contributed by atoms with van der Waals surface area (Å²) in [5, 5.41) is 9.18. The lowest BCUT2D eigenvalue weighted by Gasteiger charge is -2.34. The Morgan fingerprint density at radius 2 is 2.04 bits per heavy atom. The first-order valence-corrected chi connectivity index (χ1v) is 10.3. The van der Waals surface area contributed by atoms with E-state index in [1.165, 1.54) is 17.0 Å². The number of carbonyl (C=O) groups excluding carboxylic acids is 1. The molecule has 0 aliphatic carbocycles. The van der Waals surface area contributed by atoms with E-state index in [1.807, 2.05) is 11.0 Å². The summed E-state index contributed by atoms with van der Waals surface area (Å²) >= 11 is 1.71. The highest BCUT2D eigenvalue weighted by Gasteiger charge is 2.27. The molecule has 3 heterocycles. The minimum absolute atomic E-state index is 0.0516. The normalized spacial score (nSPS) is 14.9. The lowest BCUT2D eigenvalue weighted by atomic mass is 10.1. The summed E-state index contributed by atoms with van der Waals surface area (Å²) in [6.45, 7) is 2.02. The van der Waals surface area contributed by atoms with Crippen LogP contribution in [0.15, 0.2) is 47.8 Å². The van der Waals surface area contributed by atoms with Gasteiger partial charge in [-0.15, -0.1) is 11.3 Å². The highest BCUT2D eigenvalue weighted by atomic mass is 32.1. The zero-order valence-electron chi connectivity index (χ0n) is 15.4. The van der Waals surface area contributed by atoms with Crippen molar-refractivity contribution in [1.82, 2.24) is 15.1 Å². The monoisotopic (exact) mass is 399 g/mol. The fourth-order valence-electron chi connectivity index (χ4n) is 3.49. The Morgan fingerprint density at radius 1 is 1.25 bits per heavy atom. The zero-order chi connectivity index (χ0) is 19.3. The Balaban J connectivity index is 1.53. The summed E-state index contributed by atoms with van der Waals surface area (Å²) < 4.78 is 18.6. The minimum Gasteiger partial charge on any atom is -0.381 e. The smallest absolute Gasteiger partial charge is 0.272 e. The van der Waals surface area contributed by atoms with Gasteiger partial charge in [-0.2, -0.15) is 5.10 Å². The van der Waals surface area contributed by atoms with Crippen LogP contribution in [-0.2, 0) is 11.2 Å². The molecule has 1 aromatic carbocycles. The van der Waals surface area contributed by atoms with Crippen LogP contribution in [0.2, 0.25) is 0 Å². The number of halogens is 1. The molecule has 1 aliphatic rings. The number of aromatic amines is 1. The van der Waals surface area contributed by atoms with Crippen molar-refractivity contribution in [3.63, 3.8) is 0 Å². The fraction of sp³-hybridized carbons (Fsp3) is 0.333. The summed E-state index contributed by atoms with van der Waals surface area (Å²) in [5.41, 5.74) is 1.86. The van der Waals surface area contributed by atoms with E-state index >= 15 is 0 Å². The van der Waals surface area contributed by atoms with Crippen LogP contribution in [-0.4, -0.2) is 46.8 Å². The second kappa shape index (κ2) is 8.67. The molecule has 146 valence electrons. The quantitative estimate of drug-likeness (QED) is 0.678. The lowest BCUT2D eigenvalue weighted by Crippen LogP contribution is -2.44. The number of rotatable bonds is 6. The van der Waals surface area contributed by atoms with Crippen molar-refractivity contribution in [2.24, 2.45) is 0 Å². The number of H-pyrrole nitrogens is 1. The first-order chi connectivity index (χ1) is 13.7. The maximum Gasteiger partial charge on any atom is 0.272 e. The minimum atomic E-state index is -0.296. The molecule has 0 bridgehead atoms. The Hall–Kier alpha value is -2.51. The topological polar surface area (TPSA) is 58.2 Å². The molecule has 2 aromatic heterocycles. The third-order valence-corrected chi connectivity index (χ3v) is 5.96. The molecule has 1 saturated heterocycles. The van der Waals surface area contributed by atoms with Gasteiger partial charge in [-0.3, -0.25) is 9.89 Å². The molecule has 4 rings (SSSR count). The maximum atomic E-state index is 13.3. The van der Waals surface area contributed by atoms with E-state index in [0.717, 1.165) is 24.8 Å². The second-order valence-corrected chi connectivity index (χ2v) is 7.88. The van der Waals surface area contributed by atoms with Gasteiger partial charge >= 0.3 is 0 Å².